The van der Waals surface area contributed by atoms with E-state index in [1.807, 2.05) is 36.6 Å². The number of thiophene rings is 1. The maximum absolute atomic E-state index is 12.8. The van der Waals surface area contributed by atoms with Crippen molar-refractivity contribution in [1.82, 2.24) is 0 Å². The molecule has 0 atom stereocenters. The van der Waals surface area contributed by atoms with Gasteiger partial charge >= 0.3 is 0 Å². The van der Waals surface area contributed by atoms with E-state index in [1.165, 1.54) is 23.5 Å². The Balaban J connectivity index is 1.60. The number of hydrogen-bond donors (Lipinski definition) is 1. The number of ether oxygens (including phenoxy) is 1. The van der Waals surface area contributed by atoms with E-state index >= 15 is 0 Å². The van der Waals surface area contributed by atoms with Crippen molar-refractivity contribution in [3.8, 4) is 5.75 Å². The predicted octanol–water partition coefficient (Wildman–Crippen LogP) is 5.03. The summed E-state index contributed by atoms with van der Waals surface area (Å²) in [6.07, 6.45) is 0. The highest BCUT2D eigenvalue weighted by Crippen LogP contribution is 2.20. The maximum atomic E-state index is 12.8. The molecule has 3 rings (SSSR count). The number of carbonyl (C=O) groups is 1. The first kappa shape index (κ1) is 16.2. The molecule has 0 aliphatic rings. The Hall–Kier alpha value is -2.66. The van der Waals surface area contributed by atoms with Crippen molar-refractivity contribution in [2.24, 2.45) is 0 Å². The average molecular weight is 341 g/mol. The van der Waals surface area contributed by atoms with E-state index in [-0.39, 0.29) is 11.7 Å². The molecule has 0 fully saturated rings. The van der Waals surface area contributed by atoms with Crippen molar-refractivity contribution >= 4 is 22.9 Å². The Morgan fingerprint density at radius 2 is 1.96 bits per heavy atom. The van der Waals surface area contributed by atoms with Gasteiger partial charge in [-0.05, 0) is 60.3 Å². The van der Waals surface area contributed by atoms with Gasteiger partial charge in [-0.15, -0.1) is 11.3 Å². The molecule has 1 heterocycles. The largest absolute Gasteiger partial charge is 0.489 e. The molecule has 1 amide bonds. The van der Waals surface area contributed by atoms with Gasteiger partial charge in [-0.3, -0.25) is 4.79 Å². The van der Waals surface area contributed by atoms with Gasteiger partial charge in [-0.2, -0.15) is 0 Å². The van der Waals surface area contributed by atoms with Crippen LogP contribution in [0.25, 0.3) is 0 Å². The van der Waals surface area contributed by atoms with Gasteiger partial charge in [-0.25, -0.2) is 4.39 Å². The molecule has 0 aliphatic carbocycles. The maximum Gasteiger partial charge on any atom is 0.265 e. The highest BCUT2D eigenvalue weighted by atomic mass is 32.1. The molecule has 0 unspecified atom stereocenters. The van der Waals surface area contributed by atoms with Crippen molar-refractivity contribution in [2.75, 3.05) is 5.32 Å². The summed E-state index contributed by atoms with van der Waals surface area (Å²) in [6, 6.07) is 15.3. The van der Waals surface area contributed by atoms with Crippen molar-refractivity contribution in [3.63, 3.8) is 0 Å². The number of carbonyl (C=O) groups excluding carboxylic acids is 1. The zero-order valence-corrected chi connectivity index (χ0v) is 13.9. The third-order valence-corrected chi connectivity index (χ3v) is 4.35. The molecule has 0 bridgehead atoms. The molecule has 1 N–H and O–H groups in total. The van der Waals surface area contributed by atoms with Crippen molar-refractivity contribution in [1.29, 1.82) is 0 Å². The van der Waals surface area contributed by atoms with E-state index in [2.05, 4.69) is 5.32 Å². The van der Waals surface area contributed by atoms with Gasteiger partial charge in [0.1, 0.15) is 18.2 Å². The summed E-state index contributed by atoms with van der Waals surface area (Å²) in [4.78, 5) is 12.9. The van der Waals surface area contributed by atoms with Gasteiger partial charge < -0.3 is 10.1 Å². The lowest BCUT2D eigenvalue weighted by molar-refractivity contribution is 0.103. The minimum Gasteiger partial charge on any atom is -0.489 e. The molecule has 0 saturated carbocycles. The lowest BCUT2D eigenvalue weighted by Crippen LogP contribution is -2.10. The van der Waals surface area contributed by atoms with Crippen LogP contribution in [-0.2, 0) is 6.61 Å². The summed E-state index contributed by atoms with van der Waals surface area (Å²) >= 11 is 1.37. The summed E-state index contributed by atoms with van der Waals surface area (Å²) in [5.41, 5.74) is 2.77. The first-order chi connectivity index (χ1) is 11.6. The number of rotatable bonds is 5. The summed E-state index contributed by atoms with van der Waals surface area (Å²) in [5, 5.41) is 4.76. The lowest BCUT2D eigenvalue weighted by atomic mass is 10.2. The van der Waals surface area contributed by atoms with Gasteiger partial charge in [-0.1, -0.05) is 12.1 Å². The van der Waals surface area contributed by atoms with Crippen LogP contribution in [0, 0.1) is 12.7 Å². The van der Waals surface area contributed by atoms with Crippen LogP contribution in [0.5, 0.6) is 5.75 Å². The van der Waals surface area contributed by atoms with Crippen LogP contribution in [0.2, 0.25) is 0 Å². The van der Waals surface area contributed by atoms with E-state index < -0.39 is 0 Å². The first-order valence-corrected chi connectivity index (χ1v) is 8.32. The number of benzene rings is 2. The van der Waals surface area contributed by atoms with E-state index in [1.54, 1.807) is 18.2 Å². The monoisotopic (exact) mass is 341 g/mol. The molecule has 0 radical (unpaired) electrons. The molecule has 5 heteroatoms. The van der Waals surface area contributed by atoms with Gasteiger partial charge in [0.05, 0.1) is 4.88 Å². The summed E-state index contributed by atoms with van der Waals surface area (Å²) in [6.45, 7) is 2.31. The van der Waals surface area contributed by atoms with Crippen LogP contribution >= 0.6 is 11.3 Å². The highest BCUT2D eigenvalue weighted by molar-refractivity contribution is 7.12. The molecule has 2 aromatic carbocycles. The fraction of sp³-hybridized carbons (Fsp3) is 0.105. The van der Waals surface area contributed by atoms with Gasteiger partial charge in [0.25, 0.3) is 5.91 Å². The van der Waals surface area contributed by atoms with Crippen LogP contribution < -0.4 is 10.1 Å². The molecule has 0 saturated heterocycles. The third-order valence-electron chi connectivity index (χ3n) is 3.37. The summed E-state index contributed by atoms with van der Waals surface area (Å²) < 4.78 is 18.4. The number of halogens is 1. The second-order valence-corrected chi connectivity index (χ2v) is 6.30. The molecular weight excluding hydrogens is 325 g/mol. The van der Waals surface area contributed by atoms with Crippen molar-refractivity contribution in [2.45, 2.75) is 13.5 Å². The summed E-state index contributed by atoms with van der Waals surface area (Å²) in [7, 11) is 0. The van der Waals surface area contributed by atoms with Crippen LogP contribution in [0.3, 0.4) is 0 Å². The van der Waals surface area contributed by atoms with Crippen LogP contribution in [0.4, 0.5) is 10.1 Å². The Bertz CT molecular complexity index is 843. The summed E-state index contributed by atoms with van der Waals surface area (Å²) in [5.74, 6) is 0.153. The zero-order chi connectivity index (χ0) is 16.9. The topological polar surface area (TPSA) is 38.3 Å². The molecule has 0 spiro atoms. The Kier molecular flexibility index (Phi) is 4.91. The fourth-order valence-electron chi connectivity index (χ4n) is 2.18. The smallest absolute Gasteiger partial charge is 0.265 e. The van der Waals surface area contributed by atoms with E-state index in [9.17, 15) is 9.18 Å². The Morgan fingerprint density at radius 3 is 2.71 bits per heavy atom. The van der Waals surface area contributed by atoms with Crippen LogP contribution in [0.15, 0.2) is 60.0 Å². The minimum absolute atomic E-state index is 0.140. The Morgan fingerprint density at radius 1 is 1.17 bits per heavy atom. The number of nitrogens with one attached hydrogen (secondary N) is 1. The van der Waals surface area contributed by atoms with E-state index in [0.717, 1.165) is 16.8 Å². The molecule has 0 aliphatic heterocycles. The highest BCUT2D eigenvalue weighted by Gasteiger charge is 2.10. The fourth-order valence-corrected chi connectivity index (χ4v) is 2.98. The standard InChI is InChI=1S/C19H16FNO2S/c1-13-3-2-4-16(9-13)21-19(22)18-10-14(12-24-18)11-23-17-7-5-15(20)6-8-17/h2-10,12H,11H2,1H3,(H,21,22). The quantitative estimate of drug-likeness (QED) is 0.707. The number of aryl methyl sites for hydroxylation is 1. The second kappa shape index (κ2) is 7.27. The van der Waals surface area contributed by atoms with Gasteiger partial charge in [0, 0.05) is 11.3 Å². The van der Waals surface area contributed by atoms with Crippen LogP contribution in [0.1, 0.15) is 20.8 Å². The van der Waals surface area contributed by atoms with Crippen molar-refractivity contribution in [3.05, 3.63) is 81.8 Å². The number of amides is 1. The first-order valence-electron chi connectivity index (χ1n) is 7.44. The predicted molar refractivity (Wildman–Crippen MR) is 94.2 cm³/mol. The minimum atomic E-state index is -0.298. The second-order valence-electron chi connectivity index (χ2n) is 5.39. The Labute approximate surface area is 143 Å². The average Bonchev–Trinajstić information content (AvgIpc) is 3.03. The molecule has 24 heavy (non-hydrogen) atoms. The number of hydrogen-bond acceptors (Lipinski definition) is 3. The molecule has 122 valence electrons. The zero-order valence-electron chi connectivity index (χ0n) is 13.1. The molecule has 3 aromatic rings. The normalized spacial score (nSPS) is 10.4. The molecule has 3 nitrogen and oxygen atoms in total. The van der Waals surface area contributed by atoms with Crippen molar-refractivity contribution < 1.29 is 13.9 Å². The number of anilines is 1. The van der Waals surface area contributed by atoms with E-state index in [0.29, 0.717) is 17.2 Å². The molecular formula is C19H16FNO2S. The van der Waals surface area contributed by atoms with Gasteiger partial charge in [0.15, 0.2) is 0 Å². The van der Waals surface area contributed by atoms with Crippen LogP contribution in [-0.4, -0.2) is 5.91 Å². The third kappa shape index (κ3) is 4.20. The van der Waals surface area contributed by atoms with E-state index in [4.69, 9.17) is 4.74 Å². The lowest BCUT2D eigenvalue weighted by Gasteiger charge is -2.05. The van der Waals surface area contributed by atoms with Gasteiger partial charge in [0.2, 0.25) is 0 Å². The molecule has 1 aromatic heterocycles. The SMILES string of the molecule is Cc1cccc(NC(=O)c2cc(COc3ccc(F)cc3)cs2)c1.